The number of hydrogen-bond donors (Lipinski definition) is 2. The van der Waals surface area contributed by atoms with Crippen LogP contribution >= 0.6 is 0 Å². The van der Waals surface area contributed by atoms with Crippen LogP contribution in [-0.2, 0) is 4.79 Å². The Hall–Kier alpha value is -1.75. The first-order valence-corrected chi connectivity index (χ1v) is 7.17. The van der Waals surface area contributed by atoms with Gasteiger partial charge in [0.15, 0.2) is 0 Å². The molecule has 0 aliphatic heterocycles. The summed E-state index contributed by atoms with van der Waals surface area (Å²) in [6.07, 6.45) is 1.06. The topological polar surface area (TPSA) is 67.8 Å². The van der Waals surface area contributed by atoms with Gasteiger partial charge in [-0.1, -0.05) is 19.9 Å². The smallest absolute Gasteiger partial charge is 0.220 e. The average molecular weight is 295 g/mol. The normalized spacial score (nSPS) is 13.4. The third-order valence-electron chi connectivity index (χ3n) is 3.54. The van der Waals surface area contributed by atoms with E-state index in [4.69, 9.17) is 14.6 Å². The van der Waals surface area contributed by atoms with Crippen molar-refractivity contribution in [1.82, 2.24) is 5.32 Å². The average Bonchev–Trinajstić information content (AvgIpc) is 2.51. The van der Waals surface area contributed by atoms with E-state index in [0.29, 0.717) is 18.6 Å². The van der Waals surface area contributed by atoms with E-state index in [1.165, 1.54) is 0 Å². The second kappa shape index (κ2) is 8.52. The molecule has 0 aliphatic rings. The molecule has 0 bridgehead atoms. The highest BCUT2D eigenvalue weighted by Gasteiger charge is 2.17. The molecule has 21 heavy (non-hydrogen) atoms. The van der Waals surface area contributed by atoms with Crippen LogP contribution < -0.4 is 14.8 Å². The van der Waals surface area contributed by atoms with Crippen LogP contribution in [-0.4, -0.2) is 37.9 Å². The zero-order valence-electron chi connectivity index (χ0n) is 13.2. The molecular formula is C16H25NO4. The van der Waals surface area contributed by atoms with Gasteiger partial charge in [-0.15, -0.1) is 0 Å². The maximum atomic E-state index is 12.0. The van der Waals surface area contributed by atoms with Crippen molar-refractivity contribution in [2.45, 2.75) is 38.6 Å². The molecule has 1 rings (SSSR count). The molecule has 5 nitrogen and oxygen atoms in total. The lowest BCUT2D eigenvalue weighted by molar-refractivity contribution is -0.122. The Bertz CT molecular complexity index is 458. The number of carbonyl (C=O) groups is 1. The summed E-state index contributed by atoms with van der Waals surface area (Å²) in [5.41, 5.74) is 0.963. The van der Waals surface area contributed by atoms with Gasteiger partial charge in [-0.25, -0.2) is 0 Å². The number of amides is 1. The number of aliphatic hydroxyl groups excluding tert-OH is 1. The Labute approximate surface area is 126 Å². The summed E-state index contributed by atoms with van der Waals surface area (Å²) in [6.45, 7) is 3.86. The van der Waals surface area contributed by atoms with E-state index < -0.39 is 0 Å². The molecule has 0 radical (unpaired) electrons. The van der Waals surface area contributed by atoms with Crippen molar-refractivity contribution in [3.05, 3.63) is 23.8 Å². The number of rotatable bonds is 8. The second-order valence-corrected chi connectivity index (χ2v) is 5.07. The van der Waals surface area contributed by atoms with E-state index in [0.717, 1.165) is 11.3 Å². The molecule has 0 spiro atoms. The van der Waals surface area contributed by atoms with Crippen molar-refractivity contribution < 1.29 is 19.4 Å². The molecule has 2 atom stereocenters. The standard InChI is InChI=1S/C16H25NO4/c1-5-12(10-18)17-16(19)8-11(2)14-7-6-13(20-3)9-15(14)21-4/h6-7,9,11-12,18H,5,8,10H2,1-4H3,(H,17,19). The minimum absolute atomic E-state index is 0.0158. The molecule has 0 fully saturated rings. The summed E-state index contributed by atoms with van der Waals surface area (Å²) in [6, 6.07) is 5.41. The first kappa shape index (κ1) is 17.3. The SMILES string of the molecule is CCC(CO)NC(=O)CC(C)c1ccc(OC)cc1OC. The number of carbonyl (C=O) groups excluding carboxylic acids is 1. The lowest BCUT2D eigenvalue weighted by Gasteiger charge is -2.18. The fourth-order valence-electron chi connectivity index (χ4n) is 2.18. The molecule has 2 N–H and O–H groups in total. The third kappa shape index (κ3) is 4.93. The van der Waals surface area contributed by atoms with Crippen LogP contribution in [0.5, 0.6) is 11.5 Å². The van der Waals surface area contributed by atoms with E-state index >= 15 is 0 Å². The highest BCUT2D eigenvalue weighted by molar-refractivity contribution is 5.77. The second-order valence-electron chi connectivity index (χ2n) is 5.07. The number of ether oxygens (including phenoxy) is 2. The first-order valence-electron chi connectivity index (χ1n) is 7.17. The van der Waals surface area contributed by atoms with E-state index in [-0.39, 0.29) is 24.5 Å². The number of methoxy groups -OCH3 is 2. The molecule has 2 unspecified atom stereocenters. The molecule has 0 aromatic heterocycles. The van der Waals surface area contributed by atoms with Crippen molar-refractivity contribution in [2.24, 2.45) is 0 Å². The van der Waals surface area contributed by atoms with Gasteiger partial charge in [0.1, 0.15) is 11.5 Å². The molecule has 0 heterocycles. The number of aliphatic hydroxyl groups is 1. The molecule has 0 aliphatic carbocycles. The fourth-order valence-corrected chi connectivity index (χ4v) is 2.18. The van der Waals surface area contributed by atoms with Gasteiger partial charge in [0.2, 0.25) is 5.91 Å². The number of benzene rings is 1. The van der Waals surface area contributed by atoms with E-state index in [2.05, 4.69) is 5.32 Å². The molecule has 1 amide bonds. The minimum atomic E-state index is -0.178. The maximum Gasteiger partial charge on any atom is 0.220 e. The van der Waals surface area contributed by atoms with Gasteiger partial charge in [0, 0.05) is 12.5 Å². The van der Waals surface area contributed by atoms with Crippen molar-refractivity contribution in [3.8, 4) is 11.5 Å². The molecule has 1 aromatic rings. The van der Waals surface area contributed by atoms with Gasteiger partial charge >= 0.3 is 0 Å². The number of hydrogen-bond acceptors (Lipinski definition) is 4. The van der Waals surface area contributed by atoms with Crippen LogP contribution in [0.15, 0.2) is 18.2 Å². The van der Waals surface area contributed by atoms with Crippen LogP contribution in [0.25, 0.3) is 0 Å². The van der Waals surface area contributed by atoms with Gasteiger partial charge in [0.25, 0.3) is 0 Å². The lowest BCUT2D eigenvalue weighted by atomic mass is 9.96. The summed E-state index contributed by atoms with van der Waals surface area (Å²) >= 11 is 0. The highest BCUT2D eigenvalue weighted by Crippen LogP contribution is 2.32. The molecule has 118 valence electrons. The summed E-state index contributed by atoms with van der Waals surface area (Å²) < 4.78 is 10.5. The van der Waals surface area contributed by atoms with Crippen molar-refractivity contribution >= 4 is 5.91 Å². The third-order valence-corrected chi connectivity index (χ3v) is 3.54. The van der Waals surface area contributed by atoms with Crippen LogP contribution in [0, 0.1) is 0 Å². The predicted octanol–water partition coefficient (Wildman–Crippen LogP) is 2.08. The largest absolute Gasteiger partial charge is 0.497 e. The fraction of sp³-hybridized carbons (Fsp3) is 0.562. The van der Waals surface area contributed by atoms with Crippen molar-refractivity contribution in [1.29, 1.82) is 0 Å². The molecule has 1 aromatic carbocycles. The highest BCUT2D eigenvalue weighted by atomic mass is 16.5. The monoisotopic (exact) mass is 295 g/mol. The van der Waals surface area contributed by atoms with Crippen molar-refractivity contribution in [3.63, 3.8) is 0 Å². The minimum Gasteiger partial charge on any atom is -0.497 e. The van der Waals surface area contributed by atoms with Gasteiger partial charge < -0.3 is 19.9 Å². The lowest BCUT2D eigenvalue weighted by Crippen LogP contribution is -2.37. The summed E-state index contributed by atoms with van der Waals surface area (Å²) in [7, 11) is 3.20. The maximum absolute atomic E-state index is 12.0. The van der Waals surface area contributed by atoms with E-state index in [1.807, 2.05) is 32.0 Å². The van der Waals surface area contributed by atoms with Crippen molar-refractivity contribution in [2.75, 3.05) is 20.8 Å². The van der Waals surface area contributed by atoms with Crippen LogP contribution in [0.2, 0.25) is 0 Å². The number of nitrogens with one attached hydrogen (secondary N) is 1. The Morgan fingerprint density at radius 1 is 1.33 bits per heavy atom. The van der Waals surface area contributed by atoms with Gasteiger partial charge in [-0.05, 0) is 24.0 Å². The zero-order valence-corrected chi connectivity index (χ0v) is 13.2. The zero-order chi connectivity index (χ0) is 15.8. The molecule has 0 saturated carbocycles. The Morgan fingerprint density at radius 2 is 2.05 bits per heavy atom. The Morgan fingerprint density at radius 3 is 2.57 bits per heavy atom. The summed E-state index contributed by atoms with van der Waals surface area (Å²) in [5, 5.41) is 11.9. The van der Waals surface area contributed by atoms with E-state index in [9.17, 15) is 4.79 Å². The Kier molecular flexibility index (Phi) is 7.02. The quantitative estimate of drug-likeness (QED) is 0.770. The van der Waals surface area contributed by atoms with Crippen LogP contribution in [0.4, 0.5) is 0 Å². The molecule has 5 heteroatoms. The van der Waals surface area contributed by atoms with Crippen LogP contribution in [0.3, 0.4) is 0 Å². The van der Waals surface area contributed by atoms with Crippen LogP contribution in [0.1, 0.15) is 38.2 Å². The summed E-state index contributed by atoms with van der Waals surface area (Å²) in [5.74, 6) is 1.38. The van der Waals surface area contributed by atoms with Gasteiger partial charge in [-0.2, -0.15) is 0 Å². The van der Waals surface area contributed by atoms with E-state index in [1.54, 1.807) is 14.2 Å². The predicted molar refractivity (Wildman–Crippen MR) is 81.9 cm³/mol. The molecular weight excluding hydrogens is 270 g/mol. The summed E-state index contributed by atoms with van der Waals surface area (Å²) in [4.78, 5) is 12.0. The molecule has 0 saturated heterocycles. The Balaban J connectivity index is 2.75. The first-order chi connectivity index (χ1) is 10.0. The van der Waals surface area contributed by atoms with Gasteiger partial charge in [-0.3, -0.25) is 4.79 Å². The van der Waals surface area contributed by atoms with Gasteiger partial charge in [0.05, 0.1) is 26.9 Å².